The van der Waals surface area contributed by atoms with Crippen LogP contribution in [0.3, 0.4) is 0 Å². The van der Waals surface area contributed by atoms with Gasteiger partial charge in [0, 0.05) is 22.7 Å². The monoisotopic (exact) mass is 369 g/mol. The molecule has 5 nitrogen and oxygen atoms in total. The number of carbonyl (C=O) groups excluding carboxylic acids is 1. The quantitative estimate of drug-likeness (QED) is 0.463. The maximum absolute atomic E-state index is 11.8. The molecule has 0 saturated heterocycles. The Morgan fingerprint density at radius 3 is 2.85 bits per heavy atom. The van der Waals surface area contributed by atoms with Crippen molar-refractivity contribution in [2.24, 2.45) is 0 Å². The predicted molar refractivity (Wildman–Crippen MR) is 98.8 cm³/mol. The minimum atomic E-state index is -0.490. The maximum Gasteiger partial charge on any atom is 0.331 e. The number of hydrogen-bond donors (Lipinski definition) is 0. The molecule has 26 heavy (non-hydrogen) atoms. The molecule has 0 fully saturated rings. The first-order chi connectivity index (χ1) is 12.7. The summed E-state index contributed by atoms with van der Waals surface area (Å²) in [6, 6.07) is 16.4. The van der Waals surface area contributed by atoms with Crippen LogP contribution in [0.2, 0.25) is 5.02 Å². The number of ether oxygens (including phenoxy) is 2. The first-order valence-electron chi connectivity index (χ1n) is 7.85. The van der Waals surface area contributed by atoms with E-state index in [0.29, 0.717) is 16.5 Å². The second-order valence-corrected chi connectivity index (χ2v) is 5.78. The van der Waals surface area contributed by atoms with Gasteiger partial charge in [0.15, 0.2) is 5.76 Å². The fraction of sp³-hybridized carbons (Fsp3) is 0.100. The zero-order chi connectivity index (χ0) is 18.4. The highest BCUT2D eigenvalue weighted by Crippen LogP contribution is 2.24. The van der Waals surface area contributed by atoms with Crippen LogP contribution in [-0.4, -0.2) is 18.2 Å². The van der Waals surface area contributed by atoms with Crippen LogP contribution in [-0.2, 0) is 16.1 Å². The van der Waals surface area contributed by atoms with Gasteiger partial charge in [-0.25, -0.2) is 4.79 Å². The van der Waals surface area contributed by atoms with Crippen LogP contribution >= 0.6 is 11.6 Å². The fourth-order valence-corrected chi connectivity index (χ4v) is 2.45. The first kappa shape index (κ1) is 17.8. The van der Waals surface area contributed by atoms with Gasteiger partial charge >= 0.3 is 5.97 Å². The van der Waals surface area contributed by atoms with Crippen LogP contribution in [0, 0.1) is 0 Å². The molecule has 3 rings (SSSR count). The molecule has 0 saturated carbocycles. The topological polar surface area (TPSA) is 61.6 Å². The largest absolute Gasteiger partial charge is 0.497 e. The second kappa shape index (κ2) is 8.36. The van der Waals surface area contributed by atoms with E-state index in [1.54, 1.807) is 25.3 Å². The zero-order valence-electron chi connectivity index (χ0n) is 14.0. The van der Waals surface area contributed by atoms with E-state index in [0.717, 1.165) is 16.9 Å². The summed E-state index contributed by atoms with van der Waals surface area (Å²) in [5, 5.41) is 4.48. The van der Waals surface area contributed by atoms with Gasteiger partial charge < -0.3 is 14.0 Å². The van der Waals surface area contributed by atoms with Gasteiger partial charge in [0.1, 0.15) is 18.1 Å². The molecule has 0 aliphatic rings. The summed E-state index contributed by atoms with van der Waals surface area (Å²) < 4.78 is 15.6. The van der Waals surface area contributed by atoms with Gasteiger partial charge in [0.2, 0.25) is 0 Å². The van der Waals surface area contributed by atoms with Gasteiger partial charge in [-0.1, -0.05) is 47.1 Å². The number of carbonyl (C=O) groups is 1. The molecule has 0 spiro atoms. The Balaban J connectivity index is 1.59. The molecule has 0 amide bonds. The fourth-order valence-electron chi connectivity index (χ4n) is 2.25. The van der Waals surface area contributed by atoms with E-state index < -0.39 is 5.97 Å². The minimum absolute atomic E-state index is 0.0131. The van der Waals surface area contributed by atoms with Gasteiger partial charge in [-0.3, -0.25) is 0 Å². The molecule has 1 aromatic heterocycles. The number of halogens is 1. The van der Waals surface area contributed by atoms with Gasteiger partial charge in [-0.15, -0.1) is 0 Å². The summed E-state index contributed by atoms with van der Waals surface area (Å²) in [6.45, 7) is 0.0131. The van der Waals surface area contributed by atoms with Gasteiger partial charge in [0.05, 0.1) is 7.11 Å². The average Bonchev–Trinajstić information content (AvgIpc) is 3.15. The number of rotatable bonds is 6. The molecule has 0 aliphatic heterocycles. The smallest absolute Gasteiger partial charge is 0.331 e. The van der Waals surface area contributed by atoms with E-state index >= 15 is 0 Å². The van der Waals surface area contributed by atoms with Gasteiger partial charge in [-0.2, -0.15) is 0 Å². The first-order valence-corrected chi connectivity index (χ1v) is 8.23. The van der Waals surface area contributed by atoms with Crippen molar-refractivity contribution in [1.29, 1.82) is 0 Å². The molecule has 0 unspecified atom stereocenters. The molecular formula is C20H16ClNO4. The molecule has 3 aromatic rings. The highest BCUT2D eigenvalue weighted by atomic mass is 35.5. The van der Waals surface area contributed by atoms with Crippen LogP contribution in [0.25, 0.3) is 17.4 Å². The molecule has 0 N–H and O–H groups in total. The number of benzene rings is 2. The van der Waals surface area contributed by atoms with Crippen molar-refractivity contribution in [3.63, 3.8) is 0 Å². The van der Waals surface area contributed by atoms with E-state index in [2.05, 4.69) is 5.16 Å². The van der Waals surface area contributed by atoms with Crippen LogP contribution in [0.15, 0.2) is 65.2 Å². The number of nitrogens with zero attached hydrogens (tertiary/aromatic N) is 1. The molecule has 2 aromatic carbocycles. The second-order valence-electron chi connectivity index (χ2n) is 5.38. The van der Waals surface area contributed by atoms with E-state index in [1.807, 2.05) is 42.5 Å². The molecule has 0 bridgehead atoms. The SMILES string of the molecule is COc1cccc(-c2cc(COC(=O)/C=C/c3ccccc3Cl)no2)c1. The lowest BCUT2D eigenvalue weighted by molar-refractivity contribution is -0.139. The van der Waals surface area contributed by atoms with E-state index in [1.165, 1.54) is 6.08 Å². The van der Waals surface area contributed by atoms with Gasteiger partial charge in [-0.05, 0) is 29.8 Å². The summed E-state index contributed by atoms with van der Waals surface area (Å²) in [5.41, 5.74) is 2.09. The minimum Gasteiger partial charge on any atom is -0.497 e. The average molecular weight is 370 g/mol. The van der Waals surface area contributed by atoms with Crippen molar-refractivity contribution in [3.05, 3.63) is 77.0 Å². The van der Waals surface area contributed by atoms with Crippen LogP contribution in [0.4, 0.5) is 0 Å². The normalized spacial score (nSPS) is 10.8. The third kappa shape index (κ3) is 4.52. The number of aromatic nitrogens is 1. The van der Waals surface area contributed by atoms with Crippen molar-refractivity contribution >= 4 is 23.6 Å². The van der Waals surface area contributed by atoms with E-state index in [4.69, 9.17) is 25.6 Å². The summed E-state index contributed by atoms with van der Waals surface area (Å²) in [5.74, 6) is 0.800. The van der Waals surface area contributed by atoms with Crippen LogP contribution in [0.1, 0.15) is 11.3 Å². The molecular weight excluding hydrogens is 354 g/mol. The van der Waals surface area contributed by atoms with Gasteiger partial charge in [0.25, 0.3) is 0 Å². The Kier molecular flexibility index (Phi) is 5.71. The summed E-state index contributed by atoms with van der Waals surface area (Å²) in [7, 11) is 1.60. The Labute approximate surface area is 155 Å². The molecule has 1 heterocycles. The van der Waals surface area contributed by atoms with Crippen molar-refractivity contribution in [2.75, 3.05) is 7.11 Å². The summed E-state index contributed by atoms with van der Waals surface area (Å²) >= 11 is 6.03. The number of hydrogen-bond acceptors (Lipinski definition) is 5. The Bertz CT molecular complexity index is 933. The van der Waals surface area contributed by atoms with Crippen molar-refractivity contribution < 1.29 is 18.8 Å². The van der Waals surface area contributed by atoms with Crippen molar-refractivity contribution in [1.82, 2.24) is 5.16 Å². The molecule has 132 valence electrons. The number of esters is 1. The van der Waals surface area contributed by atoms with Crippen LogP contribution < -0.4 is 4.74 Å². The Morgan fingerprint density at radius 1 is 1.19 bits per heavy atom. The zero-order valence-corrected chi connectivity index (χ0v) is 14.8. The molecule has 0 aliphatic carbocycles. The Hall–Kier alpha value is -3.05. The summed E-state index contributed by atoms with van der Waals surface area (Å²) in [6.07, 6.45) is 2.93. The van der Waals surface area contributed by atoms with Crippen molar-refractivity contribution in [2.45, 2.75) is 6.61 Å². The lowest BCUT2D eigenvalue weighted by Crippen LogP contribution is -2.00. The van der Waals surface area contributed by atoms with Crippen molar-refractivity contribution in [3.8, 4) is 17.1 Å². The van der Waals surface area contributed by atoms with E-state index in [-0.39, 0.29) is 6.61 Å². The lowest BCUT2D eigenvalue weighted by Gasteiger charge is -2.00. The molecule has 6 heteroatoms. The highest BCUT2D eigenvalue weighted by Gasteiger charge is 2.09. The third-order valence-electron chi connectivity index (χ3n) is 3.58. The Morgan fingerprint density at radius 2 is 2.04 bits per heavy atom. The molecule has 0 radical (unpaired) electrons. The molecule has 0 atom stereocenters. The van der Waals surface area contributed by atoms with Crippen LogP contribution in [0.5, 0.6) is 5.75 Å². The maximum atomic E-state index is 11.8. The lowest BCUT2D eigenvalue weighted by atomic mass is 10.1. The highest BCUT2D eigenvalue weighted by molar-refractivity contribution is 6.32. The van der Waals surface area contributed by atoms with E-state index in [9.17, 15) is 4.79 Å². The predicted octanol–water partition coefficient (Wildman–Crippen LogP) is 4.76. The standard InChI is InChI=1S/C20H16ClNO4/c1-24-17-7-4-6-15(11-17)19-12-16(22-26-19)13-25-20(23)10-9-14-5-2-3-8-18(14)21/h2-12H,13H2,1H3/b10-9+. The number of methoxy groups -OCH3 is 1. The third-order valence-corrected chi connectivity index (χ3v) is 3.92. The summed E-state index contributed by atoms with van der Waals surface area (Å²) in [4.78, 5) is 11.8.